The van der Waals surface area contributed by atoms with Gasteiger partial charge in [0, 0.05) is 25.2 Å². The Morgan fingerprint density at radius 1 is 1.10 bits per heavy atom. The number of benzene rings is 2. The van der Waals surface area contributed by atoms with Crippen molar-refractivity contribution < 1.29 is 12.8 Å². The van der Waals surface area contributed by atoms with Crippen molar-refractivity contribution >= 4 is 49.7 Å². The number of sulfonamides is 1. The van der Waals surface area contributed by atoms with Gasteiger partial charge in [0.25, 0.3) is 10.0 Å². The highest BCUT2D eigenvalue weighted by Gasteiger charge is 2.23. The van der Waals surface area contributed by atoms with Crippen molar-refractivity contribution in [2.75, 3.05) is 13.6 Å². The third-order valence-electron chi connectivity index (χ3n) is 4.71. The number of hydrogen-bond acceptors (Lipinski definition) is 4. The molecule has 0 radical (unpaired) electrons. The van der Waals surface area contributed by atoms with Crippen LogP contribution >= 0.6 is 23.2 Å². The summed E-state index contributed by atoms with van der Waals surface area (Å²) in [6, 6.07) is 12.0. The molecule has 0 amide bonds. The number of pyridine rings is 1. The number of likely N-dealkylation sites (N-methyl/N-ethyl adjacent to an activating group) is 1. The van der Waals surface area contributed by atoms with Crippen molar-refractivity contribution in [3.63, 3.8) is 0 Å². The molecule has 0 saturated heterocycles. The van der Waals surface area contributed by atoms with Crippen LogP contribution in [0.2, 0.25) is 5.02 Å². The molecule has 0 saturated carbocycles. The van der Waals surface area contributed by atoms with Crippen LogP contribution in [0.1, 0.15) is 5.56 Å². The number of fused-ring (bicyclic) bond motifs is 1. The van der Waals surface area contributed by atoms with Gasteiger partial charge in [-0.15, -0.1) is 0 Å². The maximum atomic E-state index is 13.1. The lowest BCUT2D eigenvalue weighted by molar-refractivity contribution is 0.489. The van der Waals surface area contributed by atoms with Gasteiger partial charge in [0.15, 0.2) is 0 Å². The molecule has 3 aromatic rings. The Balaban J connectivity index is 1.72. The number of nitrogens with zero attached hydrogens (tertiary/aromatic N) is 2. The van der Waals surface area contributed by atoms with Gasteiger partial charge in [-0.2, -0.15) is 0 Å². The van der Waals surface area contributed by atoms with Crippen molar-refractivity contribution in [1.82, 2.24) is 14.6 Å². The van der Waals surface area contributed by atoms with Crippen molar-refractivity contribution in [2.45, 2.75) is 4.90 Å². The summed E-state index contributed by atoms with van der Waals surface area (Å²) in [7, 11) is -2.18. The van der Waals surface area contributed by atoms with Gasteiger partial charge in [-0.05, 0) is 59.7 Å². The molecule has 30 heavy (non-hydrogen) atoms. The van der Waals surface area contributed by atoms with Crippen LogP contribution in [-0.4, -0.2) is 31.9 Å². The predicted octanol–water partition coefficient (Wildman–Crippen LogP) is 4.74. The molecule has 0 bridgehead atoms. The van der Waals surface area contributed by atoms with E-state index in [1.165, 1.54) is 12.1 Å². The van der Waals surface area contributed by atoms with Crippen LogP contribution < -0.4 is 4.72 Å². The van der Waals surface area contributed by atoms with E-state index in [0.29, 0.717) is 11.6 Å². The van der Waals surface area contributed by atoms with Crippen LogP contribution in [0.25, 0.3) is 16.5 Å². The minimum absolute atomic E-state index is 0.0624. The minimum Gasteiger partial charge on any atom is -0.359 e. The number of hydrogen-bond donors (Lipinski definition) is 1. The smallest absolute Gasteiger partial charge is 0.261 e. The predicted molar refractivity (Wildman–Crippen MR) is 117 cm³/mol. The molecule has 0 unspecified atom stereocenters. The summed E-state index contributed by atoms with van der Waals surface area (Å²) in [5, 5.41) is 1.64. The second-order valence-electron chi connectivity index (χ2n) is 6.81. The fraction of sp³-hybridized carbons (Fsp3) is 0.0952. The second kappa shape index (κ2) is 7.91. The molecule has 5 nitrogen and oxygen atoms in total. The molecule has 0 aliphatic carbocycles. The molecule has 0 fully saturated rings. The van der Waals surface area contributed by atoms with Crippen LogP contribution in [-0.2, 0) is 10.0 Å². The first-order valence-electron chi connectivity index (χ1n) is 8.89. The van der Waals surface area contributed by atoms with Gasteiger partial charge in [0.05, 0.1) is 21.1 Å². The lowest BCUT2D eigenvalue weighted by Crippen LogP contribution is -2.30. The molecular weight excluding hydrogens is 448 g/mol. The Labute approximate surface area is 183 Å². The molecule has 0 atom stereocenters. The molecule has 1 aliphatic rings. The van der Waals surface area contributed by atoms with Crippen LogP contribution in [0.5, 0.6) is 0 Å². The molecule has 2 aromatic carbocycles. The summed E-state index contributed by atoms with van der Waals surface area (Å²) >= 11 is 12.7. The molecule has 9 heteroatoms. The maximum Gasteiger partial charge on any atom is 0.261 e. The van der Waals surface area contributed by atoms with Crippen LogP contribution in [0.3, 0.4) is 0 Å². The Hall–Kier alpha value is -2.61. The first-order chi connectivity index (χ1) is 14.2. The third kappa shape index (κ3) is 4.01. The Morgan fingerprint density at radius 2 is 1.83 bits per heavy atom. The van der Waals surface area contributed by atoms with E-state index in [-0.39, 0.29) is 15.7 Å². The van der Waals surface area contributed by atoms with E-state index < -0.39 is 15.8 Å². The monoisotopic (exact) mass is 463 g/mol. The summed E-state index contributed by atoms with van der Waals surface area (Å²) in [4.78, 5) is 5.96. The van der Waals surface area contributed by atoms with Gasteiger partial charge in [-0.3, -0.25) is 9.71 Å². The van der Waals surface area contributed by atoms with Gasteiger partial charge in [-0.25, -0.2) is 12.8 Å². The first kappa shape index (κ1) is 20.7. The van der Waals surface area contributed by atoms with Gasteiger partial charge in [0.1, 0.15) is 11.0 Å². The molecule has 1 N–H and O–H groups in total. The van der Waals surface area contributed by atoms with Gasteiger partial charge in [0.2, 0.25) is 0 Å². The van der Waals surface area contributed by atoms with Gasteiger partial charge < -0.3 is 4.90 Å². The van der Waals surface area contributed by atoms with Crippen molar-refractivity contribution in [3.05, 3.63) is 88.1 Å². The van der Waals surface area contributed by atoms with E-state index >= 15 is 0 Å². The Kier molecular flexibility index (Phi) is 5.44. The zero-order valence-corrected chi connectivity index (χ0v) is 18.1. The first-order valence-corrected chi connectivity index (χ1v) is 11.1. The van der Waals surface area contributed by atoms with E-state index in [1.54, 1.807) is 30.3 Å². The summed E-state index contributed by atoms with van der Waals surface area (Å²) in [6.07, 6.45) is 3.33. The maximum absolute atomic E-state index is 13.1. The average molecular weight is 464 g/mol. The molecule has 2 heterocycles. The van der Waals surface area contributed by atoms with E-state index in [4.69, 9.17) is 23.2 Å². The fourth-order valence-electron chi connectivity index (χ4n) is 3.19. The highest BCUT2D eigenvalue weighted by molar-refractivity contribution is 7.89. The van der Waals surface area contributed by atoms with Crippen LogP contribution in [0.4, 0.5) is 4.39 Å². The van der Waals surface area contributed by atoms with Crippen molar-refractivity contribution in [1.29, 1.82) is 0 Å². The summed E-state index contributed by atoms with van der Waals surface area (Å²) in [6.45, 7) is 0.476. The lowest BCUT2D eigenvalue weighted by Gasteiger charge is -2.27. The average Bonchev–Trinajstić information content (AvgIpc) is 2.71. The second-order valence-corrected chi connectivity index (χ2v) is 9.26. The molecule has 154 valence electrons. The summed E-state index contributed by atoms with van der Waals surface area (Å²) in [5.41, 5.74) is 2.70. The molecule has 1 aromatic heterocycles. The van der Waals surface area contributed by atoms with Crippen LogP contribution in [0, 0.1) is 5.82 Å². The Bertz CT molecular complexity index is 1310. The SMILES string of the molecule is CN1CC(c2ccc3nccc(Cl)c3c2)=CC(NS(=O)(=O)c2ccc(F)cc2)=C1Cl. The number of allylic oxidation sites excluding steroid dienone is 1. The number of aromatic nitrogens is 1. The fourth-order valence-corrected chi connectivity index (χ4v) is 4.67. The highest BCUT2D eigenvalue weighted by atomic mass is 35.5. The van der Waals surface area contributed by atoms with Crippen molar-refractivity contribution in [3.8, 4) is 0 Å². The largest absolute Gasteiger partial charge is 0.359 e. The Morgan fingerprint density at radius 3 is 2.57 bits per heavy atom. The lowest BCUT2D eigenvalue weighted by atomic mass is 10.0. The normalized spacial score (nSPS) is 14.8. The molecule has 4 rings (SSSR count). The van der Waals surface area contributed by atoms with E-state index in [1.807, 2.05) is 18.2 Å². The quantitative estimate of drug-likeness (QED) is 0.567. The van der Waals surface area contributed by atoms with Gasteiger partial charge >= 0.3 is 0 Å². The number of halogens is 3. The number of nitrogens with one attached hydrogen (secondary N) is 1. The standard InChI is InChI=1S/C21H16Cl2FN3O2S/c1-27-12-14(13-2-7-19-17(10-13)18(22)8-9-25-19)11-20(21(27)23)26-30(28,29)16-5-3-15(24)4-6-16/h2-11,26H,12H2,1H3. The minimum atomic E-state index is -3.94. The van der Waals surface area contributed by atoms with Crippen LogP contribution in [0.15, 0.2) is 76.6 Å². The molecular formula is C21H16Cl2FN3O2S. The van der Waals surface area contributed by atoms with Gasteiger partial charge in [-0.1, -0.05) is 29.3 Å². The topological polar surface area (TPSA) is 62.3 Å². The molecule has 1 aliphatic heterocycles. The molecule has 0 spiro atoms. The number of rotatable bonds is 4. The highest BCUT2D eigenvalue weighted by Crippen LogP contribution is 2.31. The van der Waals surface area contributed by atoms with E-state index in [9.17, 15) is 12.8 Å². The van der Waals surface area contributed by atoms with Crippen molar-refractivity contribution in [2.24, 2.45) is 0 Å². The summed E-state index contributed by atoms with van der Waals surface area (Å²) < 4.78 is 41.1. The zero-order chi connectivity index (χ0) is 21.5. The summed E-state index contributed by atoms with van der Waals surface area (Å²) in [5.74, 6) is -0.518. The van der Waals surface area contributed by atoms with E-state index in [0.717, 1.165) is 34.2 Å². The third-order valence-corrected chi connectivity index (χ3v) is 6.91. The zero-order valence-electron chi connectivity index (χ0n) is 15.7. The van der Waals surface area contributed by atoms with E-state index in [2.05, 4.69) is 9.71 Å².